The second-order valence-electron chi connectivity index (χ2n) is 16.2. The van der Waals surface area contributed by atoms with Gasteiger partial charge in [0.25, 0.3) is 11.8 Å². The van der Waals surface area contributed by atoms with Crippen LogP contribution >= 0.6 is 34.0 Å². The summed E-state index contributed by atoms with van der Waals surface area (Å²) >= 11 is 4.14. The highest BCUT2D eigenvalue weighted by Gasteiger charge is 2.29. The van der Waals surface area contributed by atoms with Crippen LogP contribution in [0, 0.1) is 0 Å². The van der Waals surface area contributed by atoms with E-state index in [0.29, 0.717) is 67.8 Å². The van der Waals surface area contributed by atoms with Gasteiger partial charge in [-0.25, -0.2) is 0 Å². The molecule has 13 heteroatoms. The minimum absolute atomic E-state index is 0.300. The van der Waals surface area contributed by atoms with Crippen molar-refractivity contribution in [1.29, 1.82) is 0 Å². The van der Waals surface area contributed by atoms with Crippen LogP contribution < -0.4 is 9.47 Å². The molecule has 0 spiro atoms. The van der Waals surface area contributed by atoms with Gasteiger partial charge in [-0.3, -0.25) is 9.59 Å². The maximum absolute atomic E-state index is 11.2. The van der Waals surface area contributed by atoms with E-state index >= 15 is 0 Å². The van der Waals surface area contributed by atoms with Gasteiger partial charge in [-0.1, -0.05) is 155 Å². The molecule has 0 amide bonds. The van der Waals surface area contributed by atoms with Gasteiger partial charge in [-0.05, 0) is 49.3 Å². The van der Waals surface area contributed by atoms with Gasteiger partial charge in [-0.2, -0.15) is 0 Å². The fourth-order valence-electron chi connectivity index (χ4n) is 7.32. The van der Waals surface area contributed by atoms with E-state index in [-0.39, 0.29) is 0 Å². The van der Waals surface area contributed by atoms with Crippen molar-refractivity contribution in [3.63, 3.8) is 0 Å². The lowest BCUT2D eigenvalue weighted by atomic mass is 10.1. The highest BCUT2D eigenvalue weighted by Crippen LogP contribution is 2.52. The Morgan fingerprint density at radius 1 is 0.429 bits per heavy atom. The van der Waals surface area contributed by atoms with E-state index in [2.05, 4.69) is 34.2 Å². The molecule has 5 heterocycles. The van der Waals surface area contributed by atoms with E-state index in [4.69, 9.17) is 18.3 Å². The van der Waals surface area contributed by atoms with Crippen molar-refractivity contribution in [2.75, 3.05) is 13.2 Å². The summed E-state index contributed by atoms with van der Waals surface area (Å²) in [7, 11) is 0. The topological polar surface area (TPSA) is 130 Å². The molecule has 0 atom stereocenters. The quantitative estimate of drug-likeness (QED) is 0.0283. The summed E-state index contributed by atoms with van der Waals surface area (Å²) < 4.78 is 25.7. The number of carbonyl (C=O) groups is 2. The molecule has 10 nitrogen and oxygen atoms in total. The number of aldehydes is 2. The van der Waals surface area contributed by atoms with Gasteiger partial charge in [0.1, 0.15) is 9.75 Å². The second-order valence-corrected chi connectivity index (χ2v) is 19.5. The number of hydrogen-bond acceptors (Lipinski definition) is 13. The molecule has 0 bridgehead atoms. The molecule has 0 saturated carbocycles. The summed E-state index contributed by atoms with van der Waals surface area (Å²) in [5, 5.41) is 17.5. The van der Waals surface area contributed by atoms with Crippen LogP contribution in [0.2, 0.25) is 0 Å². The van der Waals surface area contributed by atoms with Crippen LogP contribution in [0.3, 0.4) is 0 Å². The first-order chi connectivity index (χ1) is 31.1. The summed E-state index contributed by atoms with van der Waals surface area (Å²) in [5.74, 6) is 2.33. The first-order valence-corrected chi connectivity index (χ1v) is 26.1. The molecule has 0 aliphatic carbocycles. The molecule has 0 N–H and O–H groups in total. The van der Waals surface area contributed by atoms with Gasteiger partial charge in [0.05, 0.1) is 23.0 Å². The van der Waals surface area contributed by atoms with Crippen molar-refractivity contribution < 1.29 is 27.9 Å². The summed E-state index contributed by atoms with van der Waals surface area (Å²) in [5.41, 5.74) is 0. The Morgan fingerprint density at radius 3 is 1.10 bits per heavy atom. The summed E-state index contributed by atoms with van der Waals surface area (Å²) in [6.07, 6.45) is 39.1. The minimum atomic E-state index is 0.300. The van der Waals surface area contributed by atoms with Crippen LogP contribution in [0.5, 0.6) is 11.5 Å². The van der Waals surface area contributed by atoms with Gasteiger partial charge in [0.2, 0.25) is 11.8 Å². The number of hydrogen-bond donors (Lipinski definition) is 0. The van der Waals surface area contributed by atoms with E-state index < -0.39 is 0 Å². The number of rotatable bonds is 36. The first kappa shape index (κ1) is 49.8. The molecule has 63 heavy (non-hydrogen) atoms. The number of ether oxygens (including phenoxy) is 2. The average Bonchev–Trinajstić information content (AvgIpc) is 4.16. The molecule has 342 valence electrons. The van der Waals surface area contributed by atoms with Crippen LogP contribution in [0.15, 0.2) is 33.1 Å². The van der Waals surface area contributed by atoms with Gasteiger partial charge in [0, 0.05) is 21.9 Å². The van der Waals surface area contributed by atoms with Gasteiger partial charge < -0.3 is 18.3 Å². The van der Waals surface area contributed by atoms with Crippen molar-refractivity contribution in [3.8, 4) is 33.0 Å². The SMILES string of the molecule is CCCCCCCCCCCCCCOc1c(-c2nnc(/C=C/c3ccc(C=O)s3)o2)sc(-c2nnc(/C=C/c3ccc(C=O)s3)o2)c1OCCCCCCCCCCCCCC. The van der Waals surface area contributed by atoms with Crippen molar-refractivity contribution in [2.24, 2.45) is 0 Å². The summed E-state index contributed by atoms with van der Waals surface area (Å²) in [4.78, 5) is 26.8. The molecule has 0 unspecified atom stereocenters. The summed E-state index contributed by atoms with van der Waals surface area (Å²) in [6, 6.07) is 7.33. The van der Waals surface area contributed by atoms with Crippen molar-refractivity contribution in [2.45, 2.75) is 168 Å². The fourth-order valence-corrected chi connectivity index (χ4v) is 9.81. The third kappa shape index (κ3) is 18.1. The molecular formula is C50H68N4O6S3. The van der Waals surface area contributed by atoms with E-state index in [9.17, 15) is 9.59 Å². The number of aromatic nitrogens is 4. The van der Waals surface area contributed by atoms with E-state index in [1.807, 2.05) is 24.3 Å². The molecular weight excluding hydrogens is 849 g/mol. The molecule has 0 aliphatic rings. The Balaban J connectivity index is 1.28. The maximum atomic E-state index is 11.2. The number of thiophene rings is 3. The zero-order valence-corrected chi connectivity index (χ0v) is 40.1. The predicted molar refractivity (Wildman–Crippen MR) is 261 cm³/mol. The van der Waals surface area contributed by atoms with Gasteiger partial charge >= 0.3 is 0 Å². The fraction of sp³-hybridized carbons (Fsp3) is 0.560. The first-order valence-electron chi connectivity index (χ1n) is 23.7. The number of unbranched alkanes of at least 4 members (excludes halogenated alkanes) is 22. The zero-order chi connectivity index (χ0) is 44.2. The lowest BCUT2D eigenvalue weighted by molar-refractivity contribution is 0.111. The van der Waals surface area contributed by atoms with Crippen molar-refractivity contribution in [3.05, 3.63) is 55.6 Å². The maximum Gasteiger partial charge on any atom is 0.262 e. The molecule has 5 aromatic heterocycles. The van der Waals surface area contributed by atoms with Crippen LogP contribution in [-0.2, 0) is 0 Å². The number of carbonyl (C=O) groups excluding carboxylic acids is 2. The average molecular weight is 917 g/mol. The Morgan fingerprint density at radius 2 is 0.762 bits per heavy atom. The molecule has 0 fully saturated rings. The standard InChI is InChI=1S/C50H68N4O6S3/c1-3-5-7-9-11-13-15-17-19-21-23-25-35-57-45-46(58-36-26-24-22-20-18-16-14-12-10-8-6-4-2)48(50-54-52-44(60-50)34-32-40-28-30-42(38-56)62-40)63-47(45)49-53-51-43(59-49)33-31-39-27-29-41(37-55)61-39/h27-34,37-38H,3-26,35-36H2,1-2H3/b33-31+,34-32+. The highest BCUT2D eigenvalue weighted by atomic mass is 32.1. The van der Waals surface area contributed by atoms with Crippen LogP contribution in [0.4, 0.5) is 0 Å². The molecule has 0 aliphatic heterocycles. The van der Waals surface area contributed by atoms with E-state index in [0.717, 1.165) is 48.0 Å². The molecule has 5 aromatic rings. The van der Waals surface area contributed by atoms with Gasteiger partial charge in [0.15, 0.2) is 24.1 Å². The largest absolute Gasteiger partial charge is 0.488 e. The Labute approximate surface area is 387 Å². The zero-order valence-electron chi connectivity index (χ0n) is 37.6. The Hall–Kier alpha value is -4.20. The summed E-state index contributed by atoms with van der Waals surface area (Å²) in [6.45, 7) is 5.55. The lowest BCUT2D eigenvalue weighted by Gasteiger charge is -2.11. The van der Waals surface area contributed by atoms with Crippen molar-refractivity contribution in [1.82, 2.24) is 20.4 Å². The second kappa shape index (κ2) is 30.0. The number of nitrogens with zero attached hydrogens (tertiary/aromatic N) is 4. The van der Waals surface area contributed by atoms with Crippen molar-refractivity contribution >= 4 is 70.9 Å². The van der Waals surface area contributed by atoms with E-state index in [1.54, 1.807) is 24.3 Å². The van der Waals surface area contributed by atoms with Crippen LogP contribution in [0.25, 0.3) is 45.8 Å². The van der Waals surface area contributed by atoms with E-state index in [1.165, 1.54) is 162 Å². The third-order valence-corrected chi connectivity index (χ3v) is 14.0. The molecule has 0 aromatic carbocycles. The van der Waals surface area contributed by atoms with Gasteiger partial charge in [-0.15, -0.1) is 54.4 Å². The van der Waals surface area contributed by atoms with Crippen LogP contribution in [0.1, 0.15) is 209 Å². The minimum Gasteiger partial charge on any atom is -0.488 e. The smallest absolute Gasteiger partial charge is 0.262 e. The predicted octanol–water partition coefficient (Wildman–Crippen LogP) is 16.1. The molecule has 0 radical (unpaired) electrons. The third-order valence-electron chi connectivity index (χ3n) is 10.9. The monoisotopic (exact) mass is 916 g/mol. The van der Waals surface area contributed by atoms with Crippen LogP contribution in [-0.4, -0.2) is 46.2 Å². The lowest BCUT2D eigenvalue weighted by Crippen LogP contribution is -2.03. The Kier molecular flexibility index (Phi) is 23.7. The highest BCUT2D eigenvalue weighted by molar-refractivity contribution is 7.19. The molecule has 0 saturated heterocycles. The Bertz CT molecular complexity index is 1930. The normalized spacial score (nSPS) is 11.7. The molecule has 5 rings (SSSR count).